The van der Waals surface area contributed by atoms with Gasteiger partial charge >= 0.3 is 0 Å². The van der Waals surface area contributed by atoms with E-state index in [9.17, 15) is 9.59 Å². The summed E-state index contributed by atoms with van der Waals surface area (Å²) in [5.74, 6) is 4.40. The largest absolute Gasteiger partial charge is 0.384 e. The van der Waals surface area contributed by atoms with Crippen molar-refractivity contribution in [2.75, 3.05) is 13.2 Å². The lowest BCUT2D eigenvalue weighted by Gasteiger charge is -2.22. The van der Waals surface area contributed by atoms with Gasteiger partial charge in [0.05, 0.1) is 11.1 Å². The molecule has 2 heterocycles. The number of aromatic nitrogens is 1. The summed E-state index contributed by atoms with van der Waals surface area (Å²) in [4.78, 5) is 29.3. The van der Waals surface area contributed by atoms with Crippen molar-refractivity contribution >= 4 is 11.8 Å². The Morgan fingerprint density at radius 3 is 3.05 bits per heavy atom. The topological polar surface area (TPSA) is 96.5 Å². The van der Waals surface area contributed by atoms with Gasteiger partial charge in [-0.15, -0.1) is 0 Å². The van der Waals surface area contributed by atoms with Gasteiger partial charge in [-0.3, -0.25) is 14.6 Å². The normalized spacial score (nSPS) is 17.4. The molecule has 1 aliphatic rings. The van der Waals surface area contributed by atoms with E-state index in [0.29, 0.717) is 24.1 Å². The van der Waals surface area contributed by atoms with E-state index in [0.717, 1.165) is 6.42 Å². The number of amides is 2. The Labute approximate surface area is 116 Å². The Bertz CT molecular complexity index is 589. The summed E-state index contributed by atoms with van der Waals surface area (Å²) in [6.07, 6.45) is 4.30. The number of carbonyl (C=O) groups excluding carboxylic acids is 2. The minimum atomic E-state index is -0.561. The molecule has 1 aliphatic heterocycles. The van der Waals surface area contributed by atoms with Crippen molar-refractivity contribution in [3.63, 3.8) is 0 Å². The van der Waals surface area contributed by atoms with Crippen LogP contribution in [0.5, 0.6) is 0 Å². The summed E-state index contributed by atoms with van der Waals surface area (Å²) in [5, 5.41) is 8.73. The third kappa shape index (κ3) is 2.78. The van der Waals surface area contributed by atoms with E-state index in [4.69, 9.17) is 10.8 Å². The molecule has 0 aromatic carbocycles. The lowest BCUT2D eigenvalue weighted by molar-refractivity contribution is -0.121. The van der Waals surface area contributed by atoms with Gasteiger partial charge in [0.15, 0.2) is 0 Å². The molecule has 0 spiro atoms. The van der Waals surface area contributed by atoms with E-state index in [-0.39, 0.29) is 12.5 Å². The van der Waals surface area contributed by atoms with Crippen molar-refractivity contribution in [2.24, 2.45) is 5.73 Å². The van der Waals surface area contributed by atoms with Crippen LogP contribution in [0.3, 0.4) is 0 Å². The second-order valence-electron chi connectivity index (χ2n) is 4.44. The van der Waals surface area contributed by atoms with E-state index >= 15 is 0 Å². The fraction of sp³-hybridized carbons (Fsp3) is 0.357. The maximum atomic E-state index is 12.5. The number of hydrogen-bond acceptors (Lipinski definition) is 4. The molecule has 1 atom stereocenters. The highest BCUT2D eigenvalue weighted by molar-refractivity contribution is 5.99. The molecule has 1 fully saturated rings. The SMILES string of the molecule is NC(=O)C1CCCN1C(=O)c1ccncc1C#CCO. The summed E-state index contributed by atoms with van der Waals surface area (Å²) in [6.45, 7) is 0.206. The van der Waals surface area contributed by atoms with E-state index in [1.807, 2.05) is 0 Å². The van der Waals surface area contributed by atoms with Crippen LogP contribution < -0.4 is 5.73 Å². The molecule has 104 valence electrons. The lowest BCUT2D eigenvalue weighted by atomic mass is 10.1. The average Bonchev–Trinajstić information content (AvgIpc) is 2.94. The Hall–Kier alpha value is -2.39. The average molecular weight is 273 g/mol. The summed E-state index contributed by atoms with van der Waals surface area (Å²) < 4.78 is 0. The van der Waals surface area contributed by atoms with Gasteiger partial charge < -0.3 is 15.7 Å². The third-order valence-corrected chi connectivity index (χ3v) is 3.20. The molecule has 1 aromatic rings. The molecule has 0 aliphatic carbocycles. The van der Waals surface area contributed by atoms with Crippen LogP contribution >= 0.6 is 0 Å². The third-order valence-electron chi connectivity index (χ3n) is 3.20. The number of nitrogens with zero attached hydrogens (tertiary/aromatic N) is 2. The van der Waals surface area contributed by atoms with Crippen molar-refractivity contribution in [2.45, 2.75) is 18.9 Å². The molecule has 1 unspecified atom stereocenters. The van der Waals surface area contributed by atoms with Crippen LogP contribution in [0, 0.1) is 11.8 Å². The molecule has 1 saturated heterocycles. The van der Waals surface area contributed by atoms with Crippen LogP contribution in [0.4, 0.5) is 0 Å². The first kappa shape index (κ1) is 14.0. The van der Waals surface area contributed by atoms with Crippen LogP contribution in [0.15, 0.2) is 18.5 Å². The lowest BCUT2D eigenvalue weighted by Crippen LogP contribution is -2.43. The van der Waals surface area contributed by atoms with Gasteiger partial charge in [-0.1, -0.05) is 11.8 Å². The second-order valence-corrected chi connectivity index (χ2v) is 4.44. The van der Waals surface area contributed by atoms with Crippen molar-refractivity contribution in [3.05, 3.63) is 29.6 Å². The number of primary amides is 1. The van der Waals surface area contributed by atoms with Crippen LogP contribution in [-0.2, 0) is 4.79 Å². The zero-order chi connectivity index (χ0) is 14.5. The maximum Gasteiger partial charge on any atom is 0.255 e. The van der Waals surface area contributed by atoms with Gasteiger partial charge in [0, 0.05) is 18.9 Å². The Balaban J connectivity index is 2.31. The molecule has 3 N–H and O–H groups in total. The minimum absolute atomic E-state index is 0.282. The Morgan fingerprint density at radius 1 is 1.55 bits per heavy atom. The van der Waals surface area contributed by atoms with E-state index in [2.05, 4.69) is 16.8 Å². The van der Waals surface area contributed by atoms with Crippen molar-refractivity contribution in [3.8, 4) is 11.8 Å². The van der Waals surface area contributed by atoms with E-state index < -0.39 is 11.9 Å². The van der Waals surface area contributed by atoms with Crippen LogP contribution in [0.25, 0.3) is 0 Å². The van der Waals surface area contributed by atoms with Gasteiger partial charge in [-0.2, -0.15) is 0 Å². The van der Waals surface area contributed by atoms with Gasteiger partial charge in [0.2, 0.25) is 5.91 Å². The highest BCUT2D eigenvalue weighted by Crippen LogP contribution is 2.21. The molecule has 1 aromatic heterocycles. The number of aliphatic hydroxyl groups excluding tert-OH is 1. The summed E-state index contributed by atoms with van der Waals surface area (Å²) in [7, 11) is 0. The second kappa shape index (κ2) is 6.17. The quantitative estimate of drug-likeness (QED) is 0.711. The predicted molar refractivity (Wildman–Crippen MR) is 71.5 cm³/mol. The number of carbonyl (C=O) groups is 2. The zero-order valence-corrected chi connectivity index (χ0v) is 10.9. The molecular formula is C14H15N3O3. The summed E-state index contributed by atoms with van der Waals surface area (Å²) in [6, 6.07) is 0.995. The molecule has 6 nitrogen and oxygen atoms in total. The van der Waals surface area contributed by atoms with Gasteiger partial charge in [-0.05, 0) is 18.9 Å². The fourth-order valence-corrected chi connectivity index (χ4v) is 2.28. The van der Waals surface area contributed by atoms with Crippen molar-refractivity contribution < 1.29 is 14.7 Å². The van der Waals surface area contributed by atoms with Gasteiger partial charge in [0.1, 0.15) is 12.6 Å². The van der Waals surface area contributed by atoms with Gasteiger partial charge in [0.25, 0.3) is 5.91 Å². The molecule has 2 rings (SSSR count). The molecular weight excluding hydrogens is 258 g/mol. The first-order chi connectivity index (χ1) is 9.65. The van der Waals surface area contributed by atoms with Crippen molar-refractivity contribution in [1.29, 1.82) is 0 Å². The first-order valence-corrected chi connectivity index (χ1v) is 6.29. The molecule has 2 amide bonds. The molecule has 6 heteroatoms. The molecule has 20 heavy (non-hydrogen) atoms. The Morgan fingerprint density at radius 2 is 2.35 bits per heavy atom. The smallest absolute Gasteiger partial charge is 0.255 e. The number of rotatable bonds is 2. The number of aliphatic hydroxyl groups is 1. The highest BCUT2D eigenvalue weighted by atomic mass is 16.2. The molecule has 0 bridgehead atoms. The monoisotopic (exact) mass is 273 g/mol. The van der Waals surface area contributed by atoms with Crippen LogP contribution in [0.2, 0.25) is 0 Å². The number of nitrogens with two attached hydrogens (primary N) is 1. The van der Waals surface area contributed by atoms with Crippen molar-refractivity contribution in [1.82, 2.24) is 9.88 Å². The number of pyridine rings is 1. The van der Waals surface area contributed by atoms with Crippen LogP contribution in [-0.4, -0.2) is 46.0 Å². The minimum Gasteiger partial charge on any atom is -0.384 e. The predicted octanol–water partition coefficient (Wildman–Crippen LogP) is -0.485. The number of likely N-dealkylation sites (tertiary alicyclic amines) is 1. The van der Waals surface area contributed by atoms with E-state index in [1.165, 1.54) is 17.3 Å². The standard InChI is InChI=1S/C14H15N3O3/c15-13(19)12-4-1-7-17(12)14(20)11-5-6-16-9-10(11)3-2-8-18/h5-6,9,12,18H,1,4,7-8H2,(H2,15,19). The van der Waals surface area contributed by atoms with E-state index in [1.54, 1.807) is 6.07 Å². The zero-order valence-electron chi connectivity index (χ0n) is 10.9. The summed E-state index contributed by atoms with van der Waals surface area (Å²) in [5.41, 5.74) is 6.12. The molecule has 0 saturated carbocycles. The first-order valence-electron chi connectivity index (χ1n) is 6.29. The van der Waals surface area contributed by atoms with Crippen LogP contribution in [0.1, 0.15) is 28.8 Å². The maximum absolute atomic E-state index is 12.5. The highest BCUT2D eigenvalue weighted by Gasteiger charge is 2.33. The Kier molecular flexibility index (Phi) is 4.33. The number of hydrogen-bond donors (Lipinski definition) is 2. The summed E-state index contributed by atoms with van der Waals surface area (Å²) >= 11 is 0. The fourth-order valence-electron chi connectivity index (χ4n) is 2.28. The molecule has 0 radical (unpaired) electrons. The van der Waals surface area contributed by atoms with Gasteiger partial charge in [-0.25, -0.2) is 0 Å².